The molecule has 0 unspecified atom stereocenters. The fourth-order valence-electron chi connectivity index (χ4n) is 3.64. The van der Waals surface area contributed by atoms with Crippen LogP contribution in [0, 0.1) is 6.57 Å². The number of hydrogen-bond acceptors (Lipinski definition) is 5. The number of amidine groups is 1. The summed E-state index contributed by atoms with van der Waals surface area (Å²) in [7, 11) is 0. The Morgan fingerprint density at radius 2 is 1.90 bits per heavy atom. The molecule has 2 aromatic carbocycles. The SMILES string of the molecule is [C-]#[N+]c1ccc2c(c1)Sc1ccccc1N=C2N1CCN(CCOCCC)CC1. The molecule has 0 bridgehead atoms. The van der Waals surface area contributed by atoms with E-state index in [-0.39, 0.29) is 0 Å². The van der Waals surface area contributed by atoms with E-state index < -0.39 is 0 Å². The van der Waals surface area contributed by atoms with Crippen LogP contribution in [0.2, 0.25) is 0 Å². The van der Waals surface area contributed by atoms with Crippen molar-refractivity contribution in [3.05, 3.63) is 59.4 Å². The highest BCUT2D eigenvalue weighted by Crippen LogP contribution is 2.42. The Hall–Kier alpha value is -2.33. The number of fused-ring (bicyclic) bond motifs is 2. The van der Waals surface area contributed by atoms with Crippen LogP contribution in [-0.4, -0.2) is 61.6 Å². The molecule has 2 aliphatic heterocycles. The highest BCUT2D eigenvalue weighted by Gasteiger charge is 2.25. The Morgan fingerprint density at radius 3 is 2.69 bits per heavy atom. The lowest BCUT2D eigenvalue weighted by molar-refractivity contribution is 0.0892. The number of hydrogen-bond donors (Lipinski definition) is 0. The molecule has 5 nitrogen and oxygen atoms in total. The summed E-state index contributed by atoms with van der Waals surface area (Å²) in [6, 6.07) is 14.2. The molecule has 2 aliphatic rings. The van der Waals surface area contributed by atoms with Crippen molar-refractivity contribution in [1.82, 2.24) is 9.80 Å². The Kier molecular flexibility index (Phi) is 6.50. The molecule has 6 heteroatoms. The quantitative estimate of drug-likeness (QED) is 0.526. The van der Waals surface area contributed by atoms with Crippen molar-refractivity contribution in [2.24, 2.45) is 4.99 Å². The van der Waals surface area contributed by atoms with Gasteiger partial charge in [0, 0.05) is 54.7 Å². The summed E-state index contributed by atoms with van der Waals surface area (Å²) in [5.41, 5.74) is 2.80. The molecule has 0 spiro atoms. The normalized spacial score (nSPS) is 16.4. The minimum absolute atomic E-state index is 0.673. The number of rotatable bonds is 5. The van der Waals surface area contributed by atoms with Crippen LogP contribution < -0.4 is 0 Å². The summed E-state index contributed by atoms with van der Waals surface area (Å²) >= 11 is 1.71. The Balaban J connectivity index is 1.55. The Labute approximate surface area is 177 Å². The standard InChI is InChI=1S/C23H26N4OS/c1-3-15-28-16-14-26-10-12-27(13-11-26)23-19-9-8-18(24-2)17-22(19)29-21-7-5-4-6-20(21)25-23/h4-9,17H,3,10-16H2,1H3. The summed E-state index contributed by atoms with van der Waals surface area (Å²) in [5.74, 6) is 1.02. The van der Waals surface area contributed by atoms with Crippen LogP contribution in [0.25, 0.3) is 4.85 Å². The molecule has 150 valence electrons. The maximum absolute atomic E-state index is 7.37. The zero-order valence-corrected chi connectivity index (χ0v) is 17.6. The van der Waals surface area contributed by atoms with Crippen LogP contribution in [0.1, 0.15) is 18.9 Å². The van der Waals surface area contributed by atoms with Gasteiger partial charge in [-0.25, -0.2) is 9.84 Å². The van der Waals surface area contributed by atoms with E-state index in [9.17, 15) is 0 Å². The van der Waals surface area contributed by atoms with Gasteiger partial charge in [-0.1, -0.05) is 43.0 Å². The number of nitrogens with zero attached hydrogens (tertiary/aromatic N) is 4. The van der Waals surface area contributed by atoms with Crippen LogP contribution in [0.15, 0.2) is 57.2 Å². The van der Waals surface area contributed by atoms with E-state index in [1.807, 2.05) is 24.3 Å². The van der Waals surface area contributed by atoms with Crippen LogP contribution in [0.3, 0.4) is 0 Å². The second-order valence-electron chi connectivity index (χ2n) is 7.24. The zero-order chi connectivity index (χ0) is 20.1. The number of benzene rings is 2. The van der Waals surface area contributed by atoms with Gasteiger partial charge in [0.1, 0.15) is 5.84 Å². The monoisotopic (exact) mass is 406 g/mol. The van der Waals surface area contributed by atoms with Crippen molar-refractivity contribution < 1.29 is 4.74 Å². The molecular formula is C23H26N4OS. The third-order valence-corrected chi connectivity index (χ3v) is 6.34. The molecule has 1 saturated heterocycles. The first-order valence-corrected chi connectivity index (χ1v) is 11.0. The van der Waals surface area contributed by atoms with Crippen LogP contribution in [-0.2, 0) is 4.74 Å². The van der Waals surface area contributed by atoms with Crippen molar-refractivity contribution in [2.75, 3.05) is 45.9 Å². The Morgan fingerprint density at radius 1 is 1.07 bits per heavy atom. The maximum atomic E-state index is 7.37. The average Bonchev–Trinajstić information content (AvgIpc) is 2.93. The molecule has 0 aliphatic carbocycles. The summed E-state index contributed by atoms with van der Waals surface area (Å²) in [4.78, 5) is 15.8. The molecular weight excluding hydrogens is 380 g/mol. The minimum atomic E-state index is 0.673. The van der Waals surface area contributed by atoms with Gasteiger partial charge in [-0.05, 0) is 24.6 Å². The minimum Gasteiger partial charge on any atom is -0.380 e. The first-order valence-electron chi connectivity index (χ1n) is 10.2. The fourth-order valence-corrected chi connectivity index (χ4v) is 4.69. The van der Waals surface area contributed by atoms with Crippen molar-refractivity contribution in [3.63, 3.8) is 0 Å². The summed E-state index contributed by atoms with van der Waals surface area (Å²) in [6.07, 6.45) is 1.07. The van der Waals surface area contributed by atoms with E-state index in [1.54, 1.807) is 11.8 Å². The number of aliphatic imine (C=N–C) groups is 1. The van der Waals surface area contributed by atoms with Crippen molar-refractivity contribution in [3.8, 4) is 0 Å². The number of ether oxygens (including phenoxy) is 1. The lowest BCUT2D eigenvalue weighted by atomic mass is 10.1. The molecule has 0 atom stereocenters. The third kappa shape index (κ3) is 4.64. The molecule has 0 amide bonds. The van der Waals surface area contributed by atoms with Gasteiger partial charge >= 0.3 is 0 Å². The van der Waals surface area contributed by atoms with Crippen LogP contribution in [0.4, 0.5) is 11.4 Å². The van der Waals surface area contributed by atoms with Gasteiger partial charge in [0.15, 0.2) is 5.69 Å². The largest absolute Gasteiger partial charge is 0.380 e. The third-order valence-electron chi connectivity index (χ3n) is 5.22. The van der Waals surface area contributed by atoms with Crippen LogP contribution in [0.5, 0.6) is 0 Å². The average molecular weight is 407 g/mol. The predicted molar refractivity (Wildman–Crippen MR) is 119 cm³/mol. The van der Waals surface area contributed by atoms with E-state index in [4.69, 9.17) is 16.3 Å². The van der Waals surface area contributed by atoms with Gasteiger partial charge in [0.25, 0.3) is 0 Å². The van der Waals surface area contributed by atoms with Gasteiger partial charge in [-0.15, -0.1) is 0 Å². The lowest BCUT2D eigenvalue weighted by Gasteiger charge is -2.36. The molecule has 0 radical (unpaired) electrons. The fraction of sp³-hybridized carbons (Fsp3) is 0.391. The Bertz CT molecular complexity index is 929. The first-order chi connectivity index (χ1) is 14.3. The second-order valence-corrected chi connectivity index (χ2v) is 8.32. The molecule has 0 saturated carbocycles. The first kappa shape index (κ1) is 20.0. The van der Waals surface area contributed by atoms with Gasteiger partial charge in [-0.3, -0.25) is 4.90 Å². The topological polar surface area (TPSA) is 32.4 Å². The molecule has 2 heterocycles. The summed E-state index contributed by atoms with van der Waals surface area (Å²) in [6.45, 7) is 16.1. The van der Waals surface area contributed by atoms with Gasteiger partial charge in [0.05, 0.1) is 18.9 Å². The number of para-hydroxylation sites is 1. The summed E-state index contributed by atoms with van der Waals surface area (Å²) < 4.78 is 5.65. The van der Waals surface area contributed by atoms with E-state index >= 15 is 0 Å². The van der Waals surface area contributed by atoms with Crippen LogP contribution >= 0.6 is 11.8 Å². The van der Waals surface area contributed by atoms with Gasteiger partial charge in [-0.2, -0.15) is 0 Å². The molecule has 0 N–H and O–H groups in total. The van der Waals surface area contributed by atoms with Gasteiger partial charge in [0.2, 0.25) is 0 Å². The molecule has 2 aromatic rings. The van der Waals surface area contributed by atoms with E-state index in [0.717, 1.165) is 79.2 Å². The molecule has 0 aromatic heterocycles. The van der Waals surface area contributed by atoms with Crippen molar-refractivity contribution in [2.45, 2.75) is 23.1 Å². The molecule has 4 rings (SSSR count). The zero-order valence-electron chi connectivity index (χ0n) is 16.8. The maximum Gasteiger partial charge on any atom is 0.188 e. The van der Waals surface area contributed by atoms with E-state index in [1.165, 1.54) is 0 Å². The molecule has 29 heavy (non-hydrogen) atoms. The second kappa shape index (κ2) is 9.45. The van der Waals surface area contributed by atoms with E-state index in [0.29, 0.717) is 5.69 Å². The van der Waals surface area contributed by atoms with Crippen molar-refractivity contribution in [1.29, 1.82) is 0 Å². The lowest BCUT2D eigenvalue weighted by Crippen LogP contribution is -2.49. The molecule has 1 fully saturated rings. The summed E-state index contributed by atoms with van der Waals surface area (Å²) in [5, 5.41) is 0. The predicted octanol–water partition coefficient (Wildman–Crippen LogP) is 4.82. The highest BCUT2D eigenvalue weighted by molar-refractivity contribution is 7.99. The number of piperazine rings is 1. The van der Waals surface area contributed by atoms with E-state index in [2.05, 4.69) is 39.8 Å². The highest BCUT2D eigenvalue weighted by atomic mass is 32.2. The van der Waals surface area contributed by atoms with Gasteiger partial charge < -0.3 is 9.64 Å². The van der Waals surface area contributed by atoms with Crippen molar-refractivity contribution >= 4 is 29.0 Å². The smallest absolute Gasteiger partial charge is 0.188 e.